The highest BCUT2D eigenvalue weighted by Crippen LogP contribution is 2.08. The first-order valence-corrected chi connectivity index (χ1v) is 5.60. The van der Waals surface area contributed by atoms with E-state index in [0.29, 0.717) is 13.1 Å². The van der Waals surface area contributed by atoms with Gasteiger partial charge < -0.3 is 9.73 Å². The Morgan fingerprint density at radius 1 is 1.35 bits per heavy atom. The maximum atomic E-state index is 11.4. The third kappa shape index (κ3) is 3.04. The van der Waals surface area contributed by atoms with Crippen molar-refractivity contribution in [3.05, 3.63) is 52.3 Å². The van der Waals surface area contributed by atoms with Gasteiger partial charge >= 0.3 is 0 Å². The van der Waals surface area contributed by atoms with Gasteiger partial charge in [-0.3, -0.25) is 4.79 Å². The first-order valence-electron chi connectivity index (χ1n) is 5.60. The molecule has 0 bridgehead atoms. The fraction of sp³-hybridized carbons (Fsp3) is 0.333. The average molecular weight is 233 g/mol. The Labute approximate surface area is 99.1 Å². The first-order chi connectivity index (χ1) is 8.29. The maximum Gasteiger partial charge on any atom is 0.267 e. The van der Waals surface area contributed by atoms with Crippen LogP contribution in [0.1, 0.15) is 18.4 Å². The minimum absolute atomic E-state index is 0.128. The van der Waals surface area contributed by atoms with E-state index in [9.17, 15) is 4.79 Å². The summed E-state index contributed by atoms with van der Waals surface area (Å²) in [4.78, 5) is 11.4. The molecular weight excluding hydrogens is 218 g/mol. The van der Waals surface area contributed by atoms with E-state index in [-0.39, 0.29) is 5.56 Å². The van der Waals surface area contributed by atoms with Crippen LogP contribution in [-0.4, -0.2) is 16.3 Å². The number of furan rings is 1. The summed E-state index contributed by atoms with van der Waals surface area (Å²) in [7, 11) is 0. The quantitative estimate of drug-likeness (QED) is 0.836. The third-order valence-corrected chi connectivity index (χ3v) is 2.36. The molecule has 5 nitrogen and oxygen atoms in total. The molecule has 2 heterocycles. The molecule has 2 rings (SSSR count). The second kappa shape index (κ2) is 5.45. The molecule has 17 heavy (non-hydrogen) atoms. The van der Waals surface area contributed by atoms with Gasteiger partial charge in [0.25, 0.3) is 5.56 Å². The van der Waals surface area contributed by atoms with Crippen molar-refractivity contribution in [1.29, 1.82) is 0 Å². The van der Waals surface area contributed by atoms with E-state index in [1.165, 1.54) is 10.7 Å². The second-order valence-corrected chi connectivity index (χ2v) is 3.67. The van der Waals surface area contributed by atoms with Crippen LogP contribution in [0.3, 0.4) is 0 Å². The topological polar surface area (TPSA) is 60.1 Å². The number of hydrogen-bond donors (Lipinski definition) is 1. The summed E-state index contributed by atoms with van der Waals surface area (Å²) in [5, 5.41) is 7.15. The van der Waals surface area contributed by atoms with Crippen molar-refractivity contribution in [2.75, 3.05) is 6.54 Å². The van der Waals surface area contributed by atoms with Crippen LogP contribution >= 0.6 is 0 Å². The minimum Gasteiger partial charge on any atom is -0.463 e. The molecule has 0 fully saturated rings. The van der Waals surface area contributed by atoms with Crippen LogP contribution in [0.4, 0.5) is 0 Å². The van der Waals surface area contributed by atoms with Gasteiger partial charge in [-0.1, -0.05) is 6.92 Å². The van der Waals surface area contributed by atoms with Crippen LogP contribution in [-0.2, 0) is 13.1 Å². The predicted octanol–water partition coefficient (Wildman–Crippen LogP) is 0.994. The van der Waals surface area contributed by atoms with Crippen LogP contribution < -0.4 is 10.9 Å². The first kappa shape index (κ1) is 11.6. The van der Waals surface area contributed by atoms with Gasteiger partial charge in [-0.25, -0.2) is 4.68 Å². The zero-order chi connectivity index (χ0) is 12.1. The lowest BCUT2D eigenvalue weighted by atomic mass is 10.4. The molecular formula is C12H15N3O2. The molecule has 0 aliphatic heterocycles. The highest BCUT2D eigenvalue weighted by Gasteiger charge is 2.03. The molecule has 0 aliphatic carbocycles. The maximum absolute atomic E-state index is 11.4. The van der Waals surface area contributed by atoms with Crippen molar-refractivity contribution >= 4 is 0 Å². The Morgan fingerprint density at radius 3 is 2.94 bits per heavy atom. The molecule has 0 unspecified atom stereocenters. The molecule has 90 valence electrons. The Morgan fingerprint density at radius 2 is 2.18 bits per heavy atom. The van der Waals surface area contributed by atoms with Crippen molar-refractivity contribution in [2.45, 2.75) is 20.0 Å². The predicted molar refractivity (Wildman–Crippen MR) is 63.7 cm³/mol. The minimum atomic E-state index is -0.128. The number of nitrogens with zero attached hydrogens (tertiary/aromatic N) is 2. The van der Waals surface area contributed by atoms with E-state index in [4.69, 9.17) is 4.42 Å². The van der Waals surface area contributed by atoms with E-state index in [1.807, 2.05) is 19.1 Å². The van der Waals surface area contributed by atoms with Crippen LogP contribution in [0.2, 0.25) is 0 Å². The van der Waals surface area contributed by atoms with Crippen LogP contribution in [0, 0.1) is 0 Å². The van der Waals surface area contributed by atoms with Gasteiger partial charge in [-0.05, 0) is 24.7 Å². The lowest BCUT2D eigenvalue weighted by molar-refractivity contribution is 0.428. The van der Waals surface area contributed by atoms with Crippen molar-refractivity contribution in [1.82, 2.24) is 15.1 Å². The molecule has 1 N–H and O–H groups in total. The van der Waals surface area contributed by atoms with Gasteiger partial charge in [-0.15, -0.1) is 0 Å². The number of rotatable bonds is 5. The summed E-state index contributed by atoms with van der Waals surface area (Å²) in [6.07, 6.45) is 1.59. The molecule has 0 aliphatic rings. The number of hydrogen-bond acceptors (Lipinski definition) is 4. The molecule has 5 heteroatoms. The number of aromatic nitrogens is 2. The molecule has 0 amide bonds. The lowest BCUT2D eigenvalue weighted by Gasteiger charge is -2.00. The highest BCUT2D eigenvalue weighted by atomic mass is 16.3. The van der Waals surface area contributed by atoms with Gasteiger partial charge in [0.2, 0.25) is 0 Å². The zero-order valence-electron chi connectivity index (χ0n) is 9.72. The summed E-state index contributed by atoms with van der Waals surface area (Å²) < 4.78 is 6.95. The van der Waals surface area contributed by atoms with Gasteiger partial charge in [0.05, 0.1) is 6.54 Å². The molecule has 0 radical (unpaired) electrons. The van der Waals surface area contributed by atoms with Gasteiger partial charge in [0.15, 0.2) is 0 Å². The third-order valence-electron chi connectivity index (χ3n) is 2.36. The Bertz CT molecular complexity index is 530. The fourth-order valence-corrected chi connectivity index (χ4v) is 1.50. The molecule has 0 aromatic carbocycles. The Kier molecular flexibility index (Phi) is 3.72. The van der Waals surface area contributed by atoms with E-state index in [1.54, 1.807) is 12.3 Å². The lowest BCUT2D eigenvalue weighted by Crippen LogP contribution is -2.21. The van der Waals surface area contributed by atoms with E-state index < -0.39 is 0 Å². The second-order valence-electron chi connectivity index (χ2n) is 3.67. The van der Waals surface area contributed by atoms with Crippen LogP contribution in [0.15, 0.2) is 39.7 Å². The van der Waals surface area contributed by atoms with Crippen LogP contribution in [0.25, 0.3) is 0 Å². The van der Waals surface area contributed by atoms with E-state index in [0.717, 1.165) is 18.1 Å². The Hall–Kier alpha value is -1.88. The average Bonchev–Trinajstić information content (AvgIpc) is 2.77. The smallest absolute Gasteiger partial charge is 0.267 e. The summed E-state index contributed by atoms with van der Waals surface area (Å²) in [5.74, 6) is 1.60. The summed E-state index contributed by atoms with van der Waals surface area (Å²) in [5.41, 5.74) is -0.128. The monoisotopic (exact) mass is 233 g/mol. The molecule has 0 spiro atoms. The normalized spacial score (nSPS) is 10.6. The van der Waals surface area contributed by atoms with Crippen LogP contribution in [0.5, 0.6) is 0 Å². The summed E-state index contributed by atoms with van der Waals surface area (Å²) in [6, 6.07) is 6.88. The van der Waals surface area contributed by atoms with E-state index >= 15 is 0 Å². The SMILES string of the molecule is CCNCc1ccc(Cn2ncccc2=O)o1. The highest BCUT2D eigenvalue weighted by molar-refractivity contribution is 5.07. The largest absolute Gasteiger partial charge is 0.463 e. The molecule has 0 saturated carbocycles. The van der Waals surface area contributed by atoms with Gasteiger partial charge in [-0.2, -0.15) is 5.10 Å². The van der Waals surface area contributed by atoms with E-state index in [2.05, 4.69) is 10.4 Å². The van der Waals surface area contributed by atoms with Crippen molar-refractivity contribution in [3.63, 3.8) is 0 Å². The van der Waals surface area contributed by atoms with Gasteiger partial charge in [0.1, 0.15) is 18.1 Å². The number of nitrogens with one attached hydrogen (secondary N) is 1. The molecule has 0 atom stereocenters. The molecule has 2 aromatic heterocycles. The standard InChI is InChI=1S/C12H15N3O2/c1-2-13-8-10-5-6-11(17-10)9-15-12(16)4-3-7-14-15/h3-7,13H,2,8-9H2,1H3. The Balaban J connectivity index is 2.07. The van der Waals surface area contributed by atoms with Crippen molar-refractivity contribution in [2.24, 2.45) is 0 Å². The fourth-order valence-electron chi connectivity index (χ4n) is 1.50. The van der Waals surface area contributed by atoms with Crippen molar-refractivity contribution < 1.29 is 4.42 Å². The summed E-state index contributed by atoms with van der Waals surface area (Å²) in [6.45, 7) is 4.01. The van der Waals surface area contributed by atoms with Gasteiger partial charge in [0, 0.05) is 12.3 Å². The molecule has 0 saturated heterocycles. The van der Waals surface area contributed by atoms with Crippen molar-refractivity contribution in [3.8, 4) is 0 Å². The molecule has 2 aromatic rings. The zero-order valence-corrected chi connectivity index (χ0v) is 9.72. The summed E-state index contributed by atoms with van der Waals surface area (Å²) >= 11 is 0.